The number of ether oxygens (including phenoxy) is 1. The number of carbonyl (C=O) groups is 3. The summed E-state index contributed by atoms with van der Waals surface area (Å²) in [5.74, 6) is -1.73. The third kappa shape index (κ3) is 7.78. The number of nitrogens with zero attached hydrogens (tertiary/aromatic N) is 1. The first-order valence-corrected chi connectivity index (χ1v) is 12.9. The lowest BCUT2D eigenvalue weighted by Gasteiger charge is -2.20. The Labute approximate surface area is 200 Å². The van der Waals surface area contributed by atoms with Crippen molar-refractivity contribution in [3.8, 4) is 0 Å². The Morgan fingerprint density at radius 3 is 2.12 bits per heavy atom. The highest BCUT2D eigenvalue weighted by atomic mass is 32.2. The molecule has 1 aliphatic heterocycles. The van der Waals surface area contributed by atoms with E-state index in [9.17, 15) is 22.8 Å². The molecule has 34 heavy (non-hydrogen) atoms. The van der Waals surface area contributed by atoms with Crippen LogP contribution in [0.25, 0.3) is 0 Å². The fourth-order valence-corrected chi connectivity index (χ4v) is 5.26. The Bertz CT molecular complexity index is 1080. The van der Waals surface area contributed by atoms with Gasteiger partial charge in [0.25, 0.3) is 5.91 Å². The number of sulfonamides is 1. The molecule has 0 aliphatic carbocycles. The average molecular weight is 487 g/mol. The van der Waals surface area contributed by atoms with Crippen LogP contribution in [0.15, 0.2) is 59.5 Å². The molecule has 0 spiro atoms. The van der Waals surface area contributed by atoms with Gasteiger partial charge in [-0.1, -0.05) is 55.3 Å². The Hall–Kier alpha value is -3.04. The minimum absolute atomic E-state index is 0.0312. The summed E-state index contributed by atoms with van der Waals surface area (Å²) in [6.07, 6.45) is 4.28. The number of nitrogens with one attached hydrogen (secondary N) is 1. The first-order valence-electron chi connectivity index (χ1n) is 11.5. The zero-order valence-electron chi connectivity index (χ0n) is 19.1. The van der Waals surface area contributed by atoms with E-state index in [2.05, 4.69) is 5.32 Å². The van der Waals surface area contributed by atoms with Gasteiger partial charge in [0, 0.05) is 19.5 Å². The van der Waals surface area contributed by atoms with E-state index in [1.807, 2.05) is 6.07 Å². The molecule has 0 unspecified atom stereocenters. The molecule has 1 saturated heterocycles. The van der Waals surface area contributed by atoms with Gasteiger partial charge in [-0.3, -0.25) is 19.7 Å². The van der Waals surface area contributed by atoms with Crippen molar-refractivity contribution in [3.63, 3.8) is 0 Å². The molecule has 1 heterocycles. The zero-order chi connectivity index (χ0) is 24.4. The van der Waals surface area contributed by atoms with Crippen molar-refractivity contribution in [1.29, 1.82) is 0 Å². The van der Waals surface area contributed by atoms with Gasteiger partial charge in [0.1, 0.15) is 0 Å². The number of aryl methyl sites for hydroxylation is 1. The molecule has 0 atom stereocenters. The number of carbonyl (C=O) groups excluding carboxylic acids is 3. The molecule has 1 aliphatic rings. The van der Waals surface area contributed by atoms with Crippen molar-refractivity contribution in [2.24, 2.45) is 0 Å². The molecule has 0 bridgehead atoms. The molecule has 8 nitrogen and oxygen atoms in total. The second-order valence-electron chi connectivity index (χ2n) is 8.26. The maximum atomic E-state index is 12.8. The van der Waals surface area contributed by atoms with E-state index in [1.165, 1.54) is 0 Å². The maximum absolute atomic E-state index is 12.8. The van der Waals surface area contributed by atoms with Crippen molar-refractivity contribution >= 4 is 27.8 Å². The van der Waals surface area contributed by atoms with Crippen LogP contribution in [0.1, 0.15) is 43.2 Å². The van der Waals surface area contributed by atoms with E-state index >= 15 is 0 Å². The molecule has 1 fully saturated rings. The number of imide groups is 1. The lowest BCUT2D eigenvalue weighted by molar-refractivity contribution is -0.149. The number of benzene rings is 2. The molecular formula is C25H30N2O6S. The van der Waals surface area contributed by atoms with Crippen molar-refractivity contribution in [3.05, 3.63) is 65.7 Å². The lowest BCUT2D eigenvalue weighted by atomic mass is 10.1. The van der Waals surface area contributed by atoms with Gasteiger partial charge in [0.05, 0.1) is 11.3 Å². The van der Waals surface area contributed by atoms with Crippen LogP contribution in [0, 0.1) is 0 Å². The largest absolute Gasteiger partial charge is 0.456 e. The normalized spacial score (nSPS) is 14.7. The third-order valence-electron chi connectivity index (χ3n) is 5.59. The fraction of sp³-hybridized carbons (Fsp3) is 0.400. The molecule has 3 rings (SSSR count). The van der Waals surface area contributed by atoms with Gasteiger partial charge >= 0.3 is 5.97 Å². The lowest BCUT2D eigenvalue weighted by Crippen LogP contribution is -2.35. The third-order valence-corrected chi connectivity index (χ3v) is 7.51. The second kappa shape index (κ2) is 12.4. The van der Waals surface area contributed by atoms with E-state index in [1.54, 1.807) is 52.8 Å². The Balaban J connectivity index is 1.40. The minimum Gasteiger partial charge on any atom is -0.456 e. The number of amides is 2. The molecule has 0 saturated carbocycles. The highest BCUT2D eigenvalue weighted by Gasteiger charge is 2.25. The van der Waals surface area contributed by atoms with Crippen molar-refractivity contribution in [1.82, 2.24) is 9.62 Å². The van der Waals surface area contributed by atoms with Crippen LogP contribution < -0.4 is 5.32 Å². The minimum atomic E-state index is -3.51. The predicted molar refractivity (Wildman–Crippen MR) is 126 cm³/mol. The van der Waals surface area contributed by atoms with Gasteiger partial charge in [-0.15, -0.1) is 0 Å². The molecule has 9 heteroatoms. The van der Waals surface area contributed by atoms with Crippen molar-refractivity contribution in [2.75, 3.05) is 19.7 Å². The van der Waals surface area contributed by atoms with Crippen LogP contribution in [0.4, 0.5) is 0 Å². The highest BCUT2D eigenvalue weighted by Crippen LogP contribution is 2.21. The molecule has 2 amide bonds. The molecular weight excluding hydrogens is 456 g/mol. The van der Waals surface area contributed by atoms with E-state index in [0.29, 0.717) is 19.5 Å². The summed E-state index contributed by atoms with van der Waals surface area (Å²) in [5.41, 5.74) is 1.56. The molecule has 1 N–H and O–H groups in total. The van der Waals surface area contributed by atoms with Gasteiger partial charge in [-0.25, -0.2) is 8.42 Å². The molecule has 0 radical (unpaired) electrons. The fourth-order valence-electron chi connectivity index (χ4n) is 3.74. The van der Waals surface area contributed by atoms with Crippen LogP contribution in [0.5, 0.6) is 0 Å². The monoisotopic (exact) mass is 486 g/mol. The van der Waals surface area contributed by atoms with Crippen molar-refractivity contribution in [2.45, 2.75) is 49.8 Å². The van der Waals surface area contributed by atoms with E-state index in [4.69, 9.17) is 4.74 Å². The topological polar surface area (TPSA) is 110 Å². The summed E-state index contributed by atoms with van der Waals surface area (Å²) < 4.78 is 32.2. The smallest absolute Gasteiger partial charge is 0.306 e. The summed E-state index contributed by atoms with van der Waals surface area (Å²) >= 11 is 0. The van der Waals surface area contributed by atoms with Crippen LogP contribution >= 0.6 is 0 Å². The number of esters is 1. The van der Waals surface area contributed by atoms with Gasteiger partial charge < -0.3 is 4.74 Å². The van der Waals surface area contributed by atoms with Gasteiger partial charge in [0.2, 0.25) is 15.9 Å². The summed E-state index contributed by atoms with van der Waals surface area (Å²) in [6, 6.07) is 15.5. The second-order valence-corrected chi connectivity index (χ2v) is 10.2. The Kier molecular flexibility index (Phi) is 9.35. The predicted octanol–water partition coefficient (Wildman–Crippen LogP) is 2.61. The number of hydrogen-bond acceptors (Lipinski definition) is 6. The maximum Gasteiger partial charge on any atom is 0.306 e. The SMILES string of the molecule is O=C(COC(=O)CCc1ccc(S(=O)(=O)N2CCCCCC2)cc1)NC(=O)Cc1ccccc1. The van der Waals surface area contributed by atoms with E-state index in [-0.39, 0.29) is 17.7 Å². The van der Waals surface area contributed by atoms with E-state index in [0.717, 1.165) is 36.8 Å². The quantitative estimate of drug-likeness (QED) is 0.546. The molecule has 0 aromatic heterocycles. The zero-order valence-corrected chi connectivity index (χ0v) is 19.9. The highest BCUT2D eigenvalue weighted by molar-refractivity contribution is 7.89. The van der Waals surface area contributed by atoms with Gasteiger partial charge in [-0.05, 0) is 42.5 Å². The van der Waals surface area contributed by atoms with Crippen LogP contribution in [0.3, 0.4) is 0 Å². The van der Waals surface area contributed by atoms with Gasteiger partial charge in [0.15, 0.2) is 6.61 Å². The van der Waals surface area contributed by atoms with Crippen molar-refractivity contribution < 1.29 is 27.5 Å². The van der Waals surface area contributed by atoms with Crippen LogP contribution in [0.2, 0.25) is 0 Å². The van der Waals surface area contributed by atoms with Crippen LogP contribution in [-0.4, -0.2) is 50.2 Å². The average Bonchev–Trinajstić information content (AvgIpc) is 3.12. The summed E-state index contributed by atoms with van der Waals surface area (Å²) in [7, 11) is -3.51. The number of hydrogen-bond donors (Lipinski definition) is 1. The summed E-state index contributed by atoms with van der Waals surface area (Å²) in [4.78, 5) is 35.9. The first kappa shape index (κ1) is 25.6. The van der Waals surface area contributed by atoms with E-state index < -0.39 is 34.4 Å². The first-order chi connectivity index (χ1) is 16.3. The molecule has 2 aromatic carbocycles. The number of rotatable bonds is 9. The Morgan fingerprint density at radius 2 is 1.47 bits per heavy atom. The summed E-state index contributed by atoms with van der Waals surface area (Å²) in [6.45, 7) is 0.551. The van der Waals surface area contributed by atoms with Crippen LogP contribution in [-0.2, 0) is 42.0 Å². The summed E-state index contributed by atoms with van der Waals surface area (Å²) in [5, 5.41) is 2.19. The standard InChI is InChI=1S/C25H30N2O6S/c28-23(18-21-8-4-3-5-9-21)26-24(29)19-33-25(30)15-12-20-10-13-22(14-11-20)34(31,32)27-16-6-1-2-7-17-27/h3-5,8-11,13-14H,1-2,6-7,12,15-19H2,(H,26,28,29). The Morgan fingerprint density at radius 1 is 0.824 bits per heavy atom. The molecule has 2 aromatic rings. The molecule has 182 valence electrons. The van der Waals surface area contributed by atoms with Gasteiger partial charge in [-0.2, -0.15) is 4.31 Å².